The van der Waals surface area contributed by atoms with Crippen LogP contribution in [0.3, 0.4) is 0 Å². The number of carbonyl (C=O) groups excluding carboxylic acids is 1. The van der Waals surface area contributed by atoms with Crippen molar-refractivity contribution in [2.45, 2.75) is 59.0 Å². The first kappa shape index (κ1) is 16.8. The second kappa shape index (κ2) is 8.10. The molecule has 1 unspecified atom stereocenters. The van der Waals surface area contributed by atoms with Crippen molar-refractivity contribution in [1.29, 1.82) is 0 Å². The average molecular weight is 281 g/mol. The Balaban J connectivity index is 2.75. The average Bonchev–Trinajstić information content (AvgIpc) is 2.91. The molecule has 0 aliphatic heterocycles. The number of furan rings is 1. The highest BCUT2D eigenvalue weighted by Gasteiger charge is 2.22. The van der Waals surface area contributed by atoms with Gasteiger partial charge < -0.3 is 9.15 Å². The minimum absolute atomic E-state index is 0.158. The fourth-order valence-corrected chi connectivity index (χ4v) is 2.39. The molecular formula is C16H27NO3. The van der Waals surface area contributed by atoms with Gasteiger partial charge in [0.2, 0.25) is 5.76 Å². The van der Waals surface area contributed by atoms with Gasteiger partial charge in [-0.25, -0.2) is 4.79 Å². The van der Waals surface area contributed by atoms with Crippen molar-refractivity contribution in [3.63, 3.8) is 0 Å². The Labute approximate surface area is 122 Å². The number of methoxy groups -OCH3 is 1. The zero-order valence-corrected chi connectivity index (χ0v) is 13.3. The van der Waals surface area contributed by atoms with E-state index in [0.717, 1.165) is 12.3 Å². The molecule has 1 aromatic heterocycles. The first-order chi connectivity index (χ1) is 9.51. The summed E-state index contributed by atoms with van der Waals surface area (Å²) < 4.78 is 10.3. The van der Waals surface area contributed by atoms with Crippen LogP contribution in [0.15, 0.2) is 16.5 Å². The van der Waals surface area contributed by atoms with Crippen LogP contribution in [0.1, 0.15) is 69.3 Å². The van der Waals surface area contributed by atoms with Crippen LogP contribution in [0.25, 0.3) is 0 Å². The van der Waals surface area contributed by atoms with Gasteiger partial charge in [0.15, 0.2) is 0 Å². The van der Waals surface area contributed by atoms with E-state index in [1.807, 2.05) is 6.07 Å². The zero-order valence-electron chi connectivity index (χ0n) is 13.3. The van der Waals surface area contributed by atoms with Crippen molar-refractivity contribution in [3.8, 4) is 0 Å². The number of carbonyl (C=O) groups is 1. The molecule has 0 saturated heterocycles. The monoisotopic (exact) mass is 281 g/mol. The first-order valence-electron chi connectivity index (χ1n) is 7.45. The molecule has 0 aliphatic rings. The summed E-state index contributed by atoms with van der Waals surface area (Å²) in [5.41, 5.74) is 0. The molecule has 0 radical (unpaired) electrons. The highest BCUT2D eigenvalue weighted by Crippen LogP contribution is 2.25. The lowest BCUT2D eigenvalue weighted by molar-refractivity contribution is 0.0557. The van der Waals surface area contributed by atoms with Crippen LogP contribution in [0.5, 0.6) is 0 Å². The molecule has 0 saturated carbocycles. The smallest absolute Gasteiger partial charge is 0.373 e. The predicted octanol–water partition coefficient (Wildman–Crippen LogP) is 4.03. The summed E-state index contributed by atoms with van der Waals surface area (Å²) in [4.78, 5) is 13.8. The SMILES string of the molecule is CCCCCN(C(C)C)C(C)c1ccc(C(=O)OC)o1. The van der Waals surface area contributed by atoms with Crippen molar-refractivity contribution in [2.24, 2.45) is 0 Å². The zero-order chi connectivity index (χ0) is 15.1. The van der Waals surface area contributed by atoms with E-state index in [1.54, 1.807) is 6.07 Å². The van der Waals surface area contributed by atoms with Crippen LogP contribution in [-0.2, 0) is 4.74 Å². The summed E-state index contributed by atoms with van der Waals surface area (Å²) in [5.74, 6) is 0.660. The summed E-state index contributed by atoms with van der Waals surface area (Å²) >= 11 is 0. The molecule has 4 heteroatoms. The first-order valence-corrected chi connectivity index (χ1v) is 7.45. The summed E-state index contributed by atoms with van der Waals surface area (Å²) in [6.45, 7) is 9.74. The second-order valence-electron chi connectivity index (χ2n) is 5.41. The topological polar surface area (TPSA) is 42.7 Å². The molecule has 0 aromatic carbocycles. The Bertz CT molecular complexity index is 412. The Morgan fingerprint density at radius 3 is 2.55 bits per heavy atom. The van der Waals surface area contributed by atoms with Gasteiger partial charge in [-0.3, -0.25) is 4.90 Å². The van der Waals surface area contributed by atoms with Crippen molar-refractivity contribution in [3.05, 3.63) is 23.7 Å². The van der Waals surface area contributed by atoms with E-state index in [2.05, 4.69) is 37.3 Å². The van der Waals surface area contributed by atoms with E-state index in [-0.39, 0.29) is 11.8 Å². The maximum Gasteiger partial charge on any atom is 0.373 e. The van der Waals surface area contributed by atoms with Crippen molar-refractivity contribution >= 4 is 5.97 Å². The quantitative estimate of drug-likeness (QED) is 0.533. The van der Waals surface area contributed by atoms with Gasteiger partial charge in [-0.05, 0) is 45.9 Å². The molecule has 114 valence electrons. The number of esters is 1. The van der Waals surface area contributed by atoms with E-state index in [0.29, 0.717) is 6.04 Å². The maximum absolute atomic E-state index is 11.4. The molecule has 0 spiro atoms. The summed E-state index contributed by atoms with van der Waals surface area (Å²) in [6.07, 6.45) is 3.64. The molecule has 1 heterocycles. The molecule has 1 atom stereocenters. The molecular weight excluding hydrogens is 254 g/mol. The second-order valence-corrected chi connectivity index (χ2v) is 5.41. The van der Waals surface area contributed by atoms with Crippen LogP contribution in [0, 0.1) is 0 Å². The van der Waals surface area contributed by atoms with Crippen LogP contribution in [-0.4, -0.2) is 30.6 Å². The fourth-order valence-electron chi connectivity index (χ4n) is 2.39. The molecule has 1 aromatic rings. The number of nitrogens with zero attached hydrogens (tertiary/aromatic N) is 1. The largest absolute Gasteiger partial charge is 0.463 e. The molecule has 4 nitrogen and oxygen atoms in total. The fraction of sp³-hybridized carbons (Fsp3) is 0.688. The van der Waals surface area contributed by atoms with Crippen molar-refractivity contribution in [2.75, 3.05) is 13.7 Å². The van der Waals surface area contributed by atoms with Crippen molar-refractivity contribution < 1.29 is 13.9 Å². The molecule has 20 heavy (non-hydrogen) atoms. The van der Waals surface area contributed by atoms with Gasteiger partial charge in [-0.2, -0.15) is 0 Å². The van der Waals surface area contributed by atoms with E-state index in [4.69, 9.17) is 4.42 Å². The van der Waals surface area contributed by atoms with E-state index >= 15 is 0 Å². The number of rotatable bonds is 8. The van der Waals surface area contributed by atoms with E-state index in [1.165, 1.54) is 26.4 Å². The highest BCUT2D eigenvalue weighted by atomic mass is 16.5. The lowest BCUT2D eigenvalue weighted by Gasteiger charge is -2.31. The minimum Gasteiger partial charge on any atom is -0.463 e. The predicted molar refractivity (Wildman–Crippen MR) is 79.8 cm³/mol. The van der Waals surface area contributed by atoms with E-state index < -0.39 is 5.97 Å². The van der Waals surface area contributed by atoms with Crippen LogP contribution in [0.2, 0.25) is 0 Å². The highest BCUT2D eigenvalue weighted by molar-refractivity contribution is 5.86. The van der Waals surface area contributed by atoms with Gasteiger partial charge in [0.1, 0.15) is 5.76 Å². The molecule has 0 fully saturated rings. The van der Waals surface area contributed by atoms with Crippen LogP contribution >= 0.6 is 0 Å². The van der Waals surface area contributed by atoms with E-state index in [9.17, 15) is 4.79 Å². The van der Waals surface area contributed by atoms with Gasteiger partial charge in [-0.15, -0.1) is 0 Å². The van der Waals surface area contributed by atoms with Gasteiger partial charge in [0.05, 0.1) is 13.2 Å². The standard InChI is InChI=1S/C16H27NO3/c1-6-7-8-11-17(12(2)3)13(4)14-9-10-15(20-14)16(18)19-5/h9-10,12-13H,6-8,11H2,1-5H3. The Morgan fingerprint density at radius 1 is 1.30 bits per heavy atom. The molecule has 0 aliphatic carbocycles. The van der Waals surface area contributed by atoms with Gasteiger partial charge in [0, 0.05) is 6.04 Å². The normalized spacial score (nSPS) is 12.9. The Kier molecular flexibility index (Phi) is 6.79. The van der Waals surface area contributed by atoms with Gasteiger partial charge >= 0.3 is 5.97 Å². The molecule has 0 amide bonds. The van der Waals surface area contributed by atoms with Gasteiger partial charge in [-0.1, -0.05) is 19.8 Å². The number of hydrogen-bond acceptors (Lipinski definition) is 4. The molecule has 0 bridgehead atoms. The lowest BCUT2D eigenvalue weighted by Crippen LogP contribution is -2.34. The Morgan fingerprint density at radius 2 is 2.00 bits per heavy atom. The van der Waals surface area contributed by atoms with Crippen molar-refractivity contribution in [1.82, 2.24) is 4.90 Å². The third-order valence-corrected chi connectivity index (χ3v) is 3.61. The minimum atomic E-state index is -0.425. The lowest BCUT2D eigenvalue weighted by atomic mass is 10.1. The summed E-state index contributed by atoms with van der Waals surface area (Å²) in [7, 11) is 1.36. The molecule has 0 N–H and O–H groups in total. The van der Waals surface area contributed by atoms with Crippen LogP contribution in [0.4, 0.5) is 0 Å². The van der Waals surface area contributed by atoms with Gasteiger partial charge in [0.25, 0.3) is 0 Å². The number of hydrogen-bond donors (Lipinski definition) is 0. The number of unbranched alkanes of at least 4 members (excludes halogenated alkanes) is 2. The third-order valence-electron chi connectivity index (χ3n) is 3.61. The third kappa shape index (κ3) is 4.37. The summed E-state index contributed by atoms with van der Waals surface area (Å²) in [5, 5.41) is 0. The maximum atomic E-state index is 11.4. The molecule has 1 rings (SSSR count). The Hall–Kier alpha value is -1.29. The summed E-state index contributed by atoms with van der Waals surface area (Å²) in [6, 6.07) is 4.15. The number of ether oxygens (including phenoxy) is 1. The van der Waals surface area contributed by atoms with Crippen LogP contribution < -0.4 is 0 Å².